The summed E-state index contributed by atoms with van der Waals surface area (Å²) in [5, 5.41) is 5.74. The molecule has 2 aromatic rings. The number of hydrogen-bond donors (Lipinski definition) is 3. The molecule has 0 unspecified atom stereocenters. The summed E-state index contributed by atoms with van der Waals surface area (Å²) in [5.74, 6) is -5.04. The molecule has 4 N–H and O–H groups in total. The van der Waals surface area contributed by atoms with E-state index in [0.717, 1.165) is 29.7 Å². The molecule has 3 aliphatic heterocycles. The van der Waals surface area contributed by atoms with Crippen LogP contribution in [0.15, 0.2) is 42.5 Å². The molecule has 0 saturated carbocycles. The fraction of sp³-hybridized carbons (Fsp3) is 0.360. The highest BCUT2D eigenvalue weighted by atomic mass is 19.1. The van der Waals surface area contributed by atoms with Gasteiger partial charge in [0.05, 0.1) is 17.5 Å². The van der Waals surface area contributed by atoms with Gasteiger partial charge in [-0.1, -0.05) is 25.5 Å². The van der Waals surface area contributed by atoms with Crippen molar-refractivity contribution in [1.82, 2.24) is 5.32 Å². The number of rotatable bonds is 6. The molecule has 0 aliphatic carbocycles. The van der Waals surface area contributed by atoms with Gasteiger partial charge in [-0.15, -0.1) is 0 Å². The monoisotopic (exact) mass is 464 g/mol. The highest BCUT2D eigenvalue weighted by Crippen LogP contribution is 2.54. The summed E-state index contributed by atoms with van der Waals surface area (Å²) in [5.41, 5.74) is 5.85. The molecule has 176 valence electrons. The number of nitrogens with two attached hydrogens (primary N) is 1. The fourth-order valence-electron chi connectivity index (χ4n) is 5.61. The maximum absolute atomic E-state index is 14.2. The number of imide groups is 1. The van der Waals surface area contributed by atoms with Crippen LogP contribution < -0.4 is 21.3 Å². The number of anilines is 2. The van der Waals surface area contributed by atoms with Gasteiger partial charge in [0.15, 0.2) is 0 Å². The number of hydrogen-bond acceptors (Lipinski definition) is 5. The quantitative estimate of drug-likeness (QED) is 0.565. The van der Waals surface area contributed by atoms with Crippen LogP contribution in [-0.2, 0) is 31.1 Å². The van der Waals surface area contributed by atoms with Gasteiger partial charge < -0.3 is 11.1 Å². The molecule has 0 bridgehead atoms. The second-order valence-electron chi connectivity index (χ2n) is 9.16. The molecular weight excluding hydrogens is 439 g/mol. The van der Waals surface area contributed by atoms with E-state index in [4.69, 9.17) is 5.73 Å². The topological polar surface area (TPSA) is 122 Å². The van der Waals surface area contributed by atoms with Gasteiger partial charge in [0, 0.05) is 23.7 Å². The standard InChI is InChI=1S/C25H25FN4O4/c1-2-3-4-13-5-8-15(9-6-13)30-22(32)20-18(12-19(27)31)29-25(21(20)23(30)33)16-11-14(26)7-10-17(16)28-24(25)34/h5-11,18,20-21,29H,2-4,12H2,1H3,(H2,27,31)(H,28,34)/t18-,20+,21-,25-/m0/s1. The summed E-state index contributed by atoms with van der Waals surface area (Å²) < 4.78 is 14.2. The molecule has 2 saturated heterocycles. The number of benzene rings is 2. The van der Waals surface area contributed by atoms with Crippen molar-refractivity contribution >= 4 is 35.0 Å². The number of nitrogens with one attached hydrogen (secondary N) is 2. The zero-order chi connectivity index (χ0) is 24.2. The van der Waals surface area contributed by atoms with Gasteiger partial charge in [-0.3, -0.25) is 24.5 Å². The Hall–Kier alpha value is -3.59. The summed E-state index contributed by atoms with van der Waals surface area (Å²) in [6.07, 6.45) is 2.72. The Bertz CT molecular complexity index is 1210. The van der Waals surface area contributed by atoms with Crippen LogP contribution in [-0.4, -0.2) is 29.7 Å². The zero-order valence-electron chi connectivity index (χ0n) is 18.6. The lowest BCUT2D eigenvalue weighted by Crippen LogP contribution is -2.53. The number of unbranched alkanes of at least 4 members (excludes halogenated alkanes) is 1. The van der Waals surface area contributed by atoms with Crippen molar-refractivity contribution < 1.29 is 23.6 Å². The van der Waals surface area contributed by atoms with Gasteiger partial charge in [-0.25, -0.2) is 9.29 Å². The molecule has 2 aromatic carbocycles. The molecule has 3 heterocycles. The van der Waals surface area contributed by atoms with Crippen LogP contribution in [0.5, 0.6) is 0 Å². The maximum atomic E-state index is 14.2. The average Bonchev–Trinajstić information content (AvgIpc) is 3.37. The Morgan fingerprint density at radius 1 is 1.12 bits per heavy atom. The number of aryl methyl sites for hydroxylation is 1. The first-order valence-electron chi connectivity index (χ1n) is 11.4. The van der Waals surface area contributed by atoms with Gasteiger partial charge >= 0.3 is 0 Å². The van der Waals surface area contributed by atoms with Crippen LogP contribution in [0.3, 0.4) is 0 Å². The summed E-state index contributed by atoms with van der Waals surface area (Å²) >= 11 is 0. The highest BCUT2D eigenvalue weighted by Gasteiger charge is 2.70. The van der Waals surface area contributed by atoms with Crippen molar-refractivity contribution in [2.45, 2.75) is 44.2 Å². The van der Waals surface area contributed by atoms with Crippen LogP contribution in [0.1, 0.15) is 37.3 Å². The van der Waals surface area contributed by atoms with Gasteiger partial charge in [0.1, 0.15) is 11.4 Å². The smallest absolute Gasteiger partial charge is 0.250 e. The van der Waals surface area contributed by atoms with E-state index >= 15 is 0 Å². The zero-order valence-corrected chi connectivity index (χ0v) is 18.6. The second-order valence-corrected chi connectivity index (χ2v) is 9.16. The summed E-state index contributed by atoms with van der Waals surface area (Å²) in [6, 6.07) is 10.1. The number of carbonyl (C=O) groups excluding carboxylic acids is 4. The fourth-order valence-corrected chi connectivity index (χ4v) is 5.61. The minimum absolute atomic E-state index is 0.246. The first-order valence-corrected chi connectivity index (χ1v) is 11.4. The maximum Gasteiger partial charge on any atom is 0.250 e. The van der Waals surface area contributed by atoms with Crippen molar-refractivity contribution in [3.63, 3.8) is 0 Å². The highest BCUT2D eigenvalue weighted by molar-refractivity contribution is 6.25. The third-order valence-electron chi connectivity index (χ3n) is 7.11. The van der Waals surface area contributed by atoms with Crippen molar-refractivity contribution in [2.24, 2.45) is 17.6 Å². The molecule has 0 radical (unpaired) electrons. The van der Waals surface area contributed by atoms with Crippen LogP contribution >= 0.6 is 0 Å². The number of amides is 4. The van der Waals surface area contributed by atoms with E-state index in [1.807, 2.05) is 12.1 Å². The molecule has 34 heavy (non-hydrogen) atoms. The lowest BCUT2D eigenvalue weighted by molar-refractivity contribution is -0.130. The van der Waals surface area contributed by atoms with Crippen LogP contribution in [0.4, 0.5) is 15.8 Å². The van der Waals surface area contributed by atoms with E-state index in [0.29, 0.717) is 11.4 Å². The summed E-state index contributed by atoms with van der Waals surface area (Å²) in [7, 11) is 0. The van der Waals surface area contributed by atoms with Crippen LogP contribution in [0.25, 0.3) is 0 Å². The van der Waals surface area contributed by atoms with Crippen molar-refractivity contribution in [1.29, 1.82) is 0 Å². The predicted octanol–water partition coefficient (Wildman–Crippen LogP) is 1.97. The van der Waals surface area contributed by atoms with E-state index in [2.05, 4.69) is 17.6 Å². The van der Waals surface area contributed by atoms with E-state index < -0.39 is 52.9 Å². The molecule has 1 spiro atoms. The summed E-state index contributed by atoms with van der Waals surface area (Å²) in [4.78, 5) is 53.5. The Morgan fingerprint density at radius 2 is 1.85 bits per heavy atom. The molecule has 8 nitrogen and oxygen atoms in total. The number of carbonyl (C=O) groups is 4. The predicted molar refractivity (Wildman–Crippen MR) is 122 cm³/mol. The Balaban J connectivity index is 1.59. The molecular formula is C25H25FN4O4. The van der Waals surface area contributed by atoms with E-state index in [9.17, 15) is 23.6 Å². The Morgan fingerprint density at radius 3 is 2.53 bits per heavy atom. The van der Waals surface area contributed by atoms with Crippen LogP contribution in [0, 0.1) is 17.7 Å². The second kappa shape index (κ2) is 8.02. The largest absolute Gasteiger partial charge is 0.370 e. The average molecular weight is 464 g/mol. The lowest BCUT2D eigenvalue weighted by Gasteiger charge is -2.29. The van der Waals surface area contributed by atoms with Gasteiger partial charge in [-0.2, -0.15) is 0 Å². The van der Waals surface area contributed by atoms with Crippen molar-refractivity contribution in [2.75, 3.05) is 10.2 Å². The lowest BCUT2D eigenvalue weighted by atomic mass is 9.76. The number of fused-ring (bicyclic) bond motifs is 4. The SMILES string of the molecule is CCCCc1ccc(N2C(=O)[C@@H]3[C@H](CC(N)=O)N[C@]4(C(=O)Nc5ccc(F)cc54)[C@@H]3C2=O)cc1. The molecule has 3 aliphatic rings. The minimum atomic E-state index is -1.68. The number of nitrogens with zero attached hydrogens (tertiary/aromatic N) is 1. The van der Waals surface area contributed by atoms with Crippen molar-refractivity contribution in [3.8, 4) is 0 Å². The molecule has 2 fully saturated rings. The normalized spacial score (nSPS) is 27.3. The summed E-state index contributed by atoms with van der Waals surface area (Å²) in [6.45, 7) is 2.10. The van der Waals surface area contributed by atoms with Gasteiger partial charge in [0.25, 0.3) is 0 Å². The third kappa shape index (κ3) is 3.14. The minimum Gasteiger partial charge on any atom is -0.370 e. The molecule has 5 rings (SSSR count). The first kappa shape index (κ1) is 22.2. The molecule has 4 amide bonds. The molecule has 4 atom stereocenters. The Kier molecular flexibility index (Phi) is 5.24. The van der Waals surface area contributed by atoms with Gasteiger partial charge in [0.2, 0.25) is 23.6 Å². The van der Waals surface area contributed by atoms with E-state index in [1.165, 1.54) is 18.2 Å². The van der Waals surface area contributed by atoms with Crippen molar-refractivity contribution in [3.05, 3.63) is 59.4 Å². The number of halogens is 1. The Labute approximate surface area is 195 Å². The van der Waals surface area contributed by atoms with Gasteiger partial charge in [-0.05, 0) is 48.7 Å². The van der Waals surface area contributed by atoms with E-state index in [-0.39, 0.29) is 12.0 Å². The molecule has 0 aromatic heterocycles. The first-order chi connectivity index (χ1) is 16.3. The van der Waals surface area contributed by atoms with E-state index in [1.54, 1.807) is 12.1 Å². The third-order valence-corrected chi connectivity index (χ3v) is 7.11. The number of primary amides is 1. The van der Waals surface area contributed by atoms with Crippen LogP contribution in [0.2, 0.25) is 0 Å². The molecule has 9 heteroatoms.